The quantitative estimate of drug-likeness (QED) is 0.692. The van der Waals surface area contributed by atoms with Gasteiger partial charge < -0.3 is 19.7 Å². The van der Waals surface area contributed by atoms with Gasteiger partial charge >= 0.3 is 0 Å². The standard InChI is InChI=1S/C13H18N2O2/c16-13(17)6-7-14-8-10-15(11-9-14)12-4-2-1-3-5-12/h1-5H,6-11H2,(H,16,17). The molecule has 0 aromatic heterocycles. The molecule has 4 heteroatoms. The number of carboxylic acid groups (broad SMARTS) is 1. The molecule has 1 aromatic carbocycles. The highest BCUT2D eigenvalue weighted by molar-refractivity contribution is 5.64. The van der Waals surface area contributed by atoms with Gasteiger partial charge in [0.05, 0.1) is 32.7 Å². The summed E-state index contributed by atoms with van der Waals surface area (Å²) in [6.07, 6.45) is 0.167. The van der Waals surface area contributed by atoms with Crippen molar-refractivity contribution >= 4 is 11.7 Å². The molecule has 1 N–H and O–H groups in total. The SMILES string of the molecule is O=C([O-])CC[NH+]1CCN(c2ccccc2)CC1. The van der Waals surface area contributed by atoms with Gasteiger partial charge in [-0.1, -0.05) is 18.2 Å². The van der Waals surface area contributed by atoms with Gasteiger partial charge in [0.25, 0.3) is 0 Å². The molecule has 0 bridgehead atoms. The number of hydrogen-bond donors (Lipinski definition) is 1. The van der Waals surface area contributed by atoms with Gasteiger partial charge in [0.15, 0.2) is 0 Å². The van der Waals surface area contributed by atoms with E-state index in [-0.39, 0.29) is 6.42 Å². The van der Waals surface area contributed by atoms with Crippen LogP contribution < -0.4 is 14.9 Å². The van der Waals surface area contributed by atoms with Crippen LogP contribution in [0.15, 0.2) is 30.3 Å². The van der Waals surface area contributed by atoms with E-state index in [4.69, 9.17) is 0 Å². The fourth-order valence-corrected chi connectivity index (χ4v) is 2.25. The number of quaternary nitrogens is 1. The fraction of sp³-hybridized carbons (Fsp3) is 0.462. The first-order chi connectivity index (χ1) is 8.25. The molecule has 92 valence electrons. The normalized spacial score (nSPS) is 17.1. The Kier molecular flexibility index (Phi) is 3.98. The minimum atomic E-state index is -0.942. The van der Waals surface area contributed by atoms with Gasteiger partial charge in [-0.15, -0.1) is 0 Å². The third-order valence-corrected chi connectivity index (χ3v) is 3.27. The number of piperazine rings is 1. The van der Waals surface area contributed by atoms with E-state index in [9.17, 15) is 9.90 Å². The molecule has 1 fully saturated rings. The smallest absolute Gasteiger partial charge is 0.0949 e. The molecule has 1 aromatic rings. The number of hydrogen-bond acceptors (Lipinski definition) is 3. The van der Waals surface area contributed by atoms with Crippen LogP contribution in [-0.4, -0.2) is 38.7 Å². The van der Waals surface area contributed by atoms with Crippen LogP contribution >= 0.6 is 0 Å². The van der Waals surface area contributed by atoms with Crippen molar-refractivity contribution in [1.29, 1.82) is 0 Å². The molecule has 0 spiro atoms. The monoisotopic (exact) mass is 234 g/mol. The molecule has 1 aliphatic rings. The first-order valence-corrected chi connectivity index (χ1v) is 6.09. The van der Waals surface area contributed by atoms with Crippen LogP contribution in [-0.2, 0) is 4.79 Å². The number of aliphatic carboxylic acids is 1. The van der Waals surface area contributed by atoms with Crippen molar-refractivity contribution in [3.05, 3.63) is 30.3 Å². The molecule has 1 heterocycles. The van der Waals surface area contributed by atoms with Gasteiger partial charge in [0, 0.05) is 18.1 Å². The van der Waals surface area contributed by atoms with Crippen molar-refractivity contribution in [2.45, 2.75) is 6.42 Å². The fourth-order valence-electron chi connectivity index (χ4n) is 2.25. The predicted molar refractivity (Wildman–Crippen MR) is 63.8 cm³/mol. The Labute approximate surface area is 101 Å². The van der Waals surface area contributed by atoms with Gasteiger partial charge in [0.2, 0.25) is 0 Å². The molecule has 0 radical (unpaired) electrons. The molecule has 0 saturated carbocycles. The lowest BCUT2D eigenvalue weighted by Crippen LogP contribution is -3.15. The Balaban J connectivity index is 1.80. The lowest BCUT2D eigenvalue weighted by Gasteiger charge is -2.33. The van der Waals surface area contributed by atoms with Gasteiger partial charge in [-0.05, 0) is 12.1 Å². The minimum Gasteiger partial charge on any atom is -0.550 e. The molecule has 0 unspecified atom stereocenters. The van der Waals surface area contributed by atoms with Gasteiger partial charge in [-0.3, -0.25) is 0 Å². The zero-order valence-corrected chi connectivity index (χ0v) is 9.89. The molecule has 0 atom stereocenters. The van der Waals surface area contributed by atoms with E-state index in [1.54, 1.807) is 0 Å². The van der Waals surface area contributed by atoms with Crippen molar-refractivity contribution in [2.24, 2.45) is 0 Å². The van der Waals surface area contributed by atoms with Crippen LogP contribution in [0.2, 0.25) is 0 Å². The number of carboxylic acids is 1. The summed E-state index contributed by atoms with van der Waals surface area (Å²) >= 11 is 0. The van der Waals surface area contributed by atoms with E-state index in [0.29, 0.717) is 6.54 Å². The van der Waals surface area contributed by atoms with Gasteiger partial charge in [0.1, 0.15) is 0 Å². The van der Waals surface area contributed by atoms with Crippen molar-refractivity contribution in [3.63, 3.8) is 0 Å². The van der Waals surface area contributed by atoms with Crippen molar-refractivity contribution < 1.29 is 14.8 Å². The molecule has 17 heavy (non-hydrogen) atoms. The number of para-hydroxylation sites is 1. The summed E-state index contributed by atoms with van der Waals surface area (Å²) in [5, 5.41) is 10.4. The Bertz CT molecular complexity index is 359. The third-order valence-electron chi connectivity index (χ3n) is 3.27. The molecule has 0 aliphatic carbocycles. The Hall–Kier alpha value is -1.55. The molecular formula is C13H18N2O2. The van der Waals surface area contributed by atoms with E-state index in [0.717, 1.165) is 26.2 Å². The number of nitrogens with one attached hydrogen (secondary N) is 1. The number of carbonyl (C=O) groups excluding carboxylic acids is 1. The van der Waals surface area contributed by atoms with Crippen LogP contribution in [0.4, 0.5) is 5.69 Å². The van der Waals surface area contributed by atoms with Crippen LogP contribution in [0.25, 0.3) is 0 Å². The molecule has 1 aliphatic heterocycles. The molecular weight excluding hydrogens is 216 g/mol. The highest BCUT2D eigenvalue weighted by Gasteiger charge is 2.19. The lowest BCUT2D eigenvalue weighted by molar-refractivity contribution is -0.900. The number of nitrogens with zero attached hydrogens (tertiary/aromatic N) is 1. The summed E-state index contributed by atoms with van der Waals surface area (Å²) in [6.45, 7) is 4.67. The van der Waals surface area contributed by atoms with Gasteiger partial charge in [-0.25, -0.2) is 0 Å². The average Bonchev–Trinajstić information content (AvgIpc) is 2.38. The molecule has 1 saturated heterocycles. The summed E-state index contributed by atoms with van der Waals surface area (Å²) in [6, 6.07) is 10.3. The number of benzene rings is 1. The maximum absolute atomic E-state index is 10.4. The second kappa shape index (κ2) is 5.68. The van der Waals surface area contributed by atoms with Crippen molar-refractivity contribution in [1.82, 2.24) is 0 Å². The van der Waals surface area contributed by atoms with E-state index < -0.39 is 5.97 Å². The maximum Gasteiger partial charge on any atom is 0.0949 e. The van der Waals surface area contributed by atoms with Crippen LogP contribution in [0, 0.1) is 0 Å². The molecule has 0 amide bonds. The highest BCUT2D eigenvalue weighted by atomic mass is 16.4. The second-order valence-corrected chi connectivity index (χ2v) is 4.44. The average molecular weight is 234 g/mol. The summed E-state index contributed by atoms with van der Waals surface area (Å²) in [4.78, 5) is 14.1. The topological polar surface area (TPSA) is 47.8 Å². The van der Waals surface area contributed by atoms with Crippen LogP contribution in [0.5, 0.6) is 0 Å². The molecule has 2 rings (SSSR count). The number of carbonyl (C=O) groups is 1. The zero-order valence-electron chi connectivity index (χ0n) is 9.89. The summed E-state index contributed by atoms with van der Waals surface area (Å²) in [5.41, 5.74) is 1.26. The minimum absolute atomic E-state index is 0.167. The summed E-state index contributed by atoms with van der Waals surface area (Å²) < 4.78 is 0. The van der Waals surface area contributed by atoms with Crippen LogP contribution in [0.1, 0.15) is 6.42 Å². The third kappa shape index (κ3) is 3.46. The van der Waals surface area contributed by atoms with E-state index >= 15 is 0 Å². The zero-order chi connectivity index (χ0) is 12.1. The van der Waals surface area contributed by atoms with Gasteiger partial charge in [-0.2, -0.15) is 0 Å². The number of anilines is 1. The lowest BCUT2D eigenvalue weighted by atomic mass is 10.2. The largest absolute Gasteiger partial charge is 0.550 e. The van der Waals surface area contributed by atoms with Crippen molar-refractivity contribution in [3.8, 4) is 0 Å². The Morgan fingerprint density at radius 2 is 1.88 bits per heavy atom. The second-order valence-electron chi connectivity index (χ2n) is 4.44. The summed E-state index contributed by atoms with van der Waals surface area (Å²) in [7, 11) is 0. The van der Waals surface area contributed by atoms with E-state index in [1.165, 1.54) is 10.6 Å². The van der Waals surface area contributed by atoms with E-state index in [1.807, 2.05) is 18.2 Å². The Morgan fingerprint density at radius 1 is 1.24 bits per heavy atom. The van der Waals surface area contributed by atoms with Crippen molar-refractivity contribution in [2.75, 3.05) is 37.6 Å². The molecule has 4 nitrogen and oxygen atoms in total. The highest BCUT2D eigenvalue weighted by Crippen LogP contribution is 2.12. The number of rotatable bonds is 4. The first-order valence-electron chi connectivity index (χ1n) is 6.09. The first kappa shape index (κ1) is 11.9. The summed E-state index contributed by atoms with van der Waals surface area (Å²) in [5.74, 6) is -0.942. The van der Waals surface area contributed by atoms with E-state index in [2.05, 4.69) is 17.0 Å². The predicted octanol–water partition coefficient (Wildman–Crippen LogP) is -1.47. The maximum atomic E-state index is 10.4. The van der Waals surface area contributed by atoms with Crippen LogP contribution in [0.3, 0.4) is 0 Å². The Morgan fingerprint density at radius 3 is 2.47 bits per heavy atom.